The zero-order valence-electron chi connectivity index (χ0n) is 15.3. The predicted molar refractivity (Wildman–Crippen MR) is 95.2 cm³/mol. The normalized spacial score (nSPS) is 30.4. The van der Waals surface area contributed by atoms with E-state index in [0.29, 0.717) is 5.56 Å². The molecule has 1 aromatic carbocycles. The number of phenols is 1. The maximum Gasteiger partial charge on any atom is 0.187 e. The van der Waals surface area contributed by atoms with E-state index in [1.54, 1.807) is 0 Å². The number of halogens is 2. The van der Waals surface area contributed by atoms with Crippen LogP contribution in [0.3, 0.4) is 0 Å². The van der Waals surface area contributed by atoms with Crippen molar-refractivity contribution in [1.82, 2.24) is 0 Å². The maximum absolute atomic E-state index is 13.5. The molecule has 0 atom stereocenters. The van der Waals surface area contributed by atoms with E-state index < -0.39 is 17.4 Å². The van der Waals surface area contributed by atoms with Gasteiger partial charge in [-0.1, -0.05) is 33.6 Å². The quantitative estimate of drug-likeness (QED) is 0.629. The molecular weight excluding hydrogens is 306 g/mol. The summed E-state index contributed by atoms with van der Waals surface area (Å²) in [5.41, 5.74) is 0.712. The molecule has 1 aromatic rings. The lowest BCUT2D eigenvalue weighted by molar-refractivity contribution is 0.165. The van der Waals surface area contributed by atoms with Crippen LogP contribution < -0.4 is 0 Å². The van der Waals surface area contributed by atoms with Gasteiger partial charge in [0.05, 0.1) is 0 Å². The van der Waals surface area contributed by atoms with Gasteiger partial charge >= 0.3 is 0 Å². The highest BCUT2D eigenvalue weighted by Crippen LogP contribution is 2.44. The lowest BCUT2D eigenvalue weighted by Gasteiger charge is -2.37. The highest BCUT2D eigenvalue weighted by atomic mass is 19.1. The number of benzene rings is 1. The molecule has 24 heavy (non-hydrogen) atoms. The third-order valence-electron chi connectivity index (χ3n) is 6.01. The van der Waals surface area contributed by atoms with Gasteiger partial charge in [0.15, 0.2) is 17.4 Å². The minimum Gasteiger partial charge on any atom is -0.503 e. The van der Waals surface area contributed by atoms with Crippen molar-refractivity contribution in [3.8, 4) is 5.75 Å². The molecule has 2 aliphatic carbocycles. The van der Waals surface area contributed by atoms with E-state index in [4.69, 9.17) is 0 Å². The van der Waals surface area contributed by atoms with Gasteiger partial charge in [-0.3, -0.25) is 0 Å². The molecule has 0 unspecified atom stereocenters. The van der Waals surface area contributed by atoms with Crippen molar-refractivity contribution in [2.75, 3.05) is 0 Å². The first-order chi connectivity index (χ1) is 11.5. The fraction of sp³-hybridized carbons (Fsp3) is 0.714. The van der Waals surface area contributed by atoms with Gasteiger partial charge in [-0.05, 0) is 79.9 Å². The van der Waals surface area contributed by atoms with E-state index in [0.717, 1.165) is 30.6 Å². The van der Waals surface area contributed by atoms with Crippen molar-refractivity contribution < 1.29 is 13.9 Å². The summed E-state index contributed by atoms with van der Waals surface area (Å²) in [4.78, 5) is 0. The van der Waals surface area contributed by atoms with Crippen LogP contribution in [0.4, 0.5) is 8.78 Å². The molecule has 2 fully saturated rings. The first-order valence-electron chi connectivity index (χ1n) is 9.72. The van der Waals surface area contributed by atoms with Gasteiger partial charge in [-0.2, -0.15) is 0 Å². The smallest absolute Gasteiger partial charge is 0.187 e. The molecule has 0 spiro atoms. The summed E-state index contributed by atoms with van der Waals surface area (Å²) in [5.74, 6) is 0.269. The highest BCUT2D eigenvalue weighted by molar-refractivity contribution is 5.32. The molecule has 3 heteroatoms. The Hall–Kier alpha value is -1.12. The average Bonchev–Trinajstić information content (AvgIpc) is 2.62. The molecule has 0 radical (unpaired) electrons. The van der Waals surface area contributed by atoms with Crippen LogP contribution in [0.25, 0.3) is 0 Å². The standard InChI is InChI=1S/C19H26F2O.C2H6/c1-12-2-4-13(5-3-12)14-6-8-15(9-7-14)16-10-17(20)19(22)18(21)11-16;1-2/h10-15,22H,2-9H2,1H3;1-2H3. The summed E-state index contributed by atoms with van der Waals surface area (Å²) in [6.07, 6.45) is 9.82. The Balaban J connectivity index is 0.00000100. The van der Waals surface area contributed by atoms with Crippen LogP contribution in [-0.2, 0) is 0 Å². The summed E-state index contributed by atoms with van der Waals surface area (Å²) in [7, 11) is 0. The van der Waals surface area contributed by atoms with E-state index in [1.807, 2.05) is 13.8 Å². The van der Waals surface area contributed by atoms with Gasteiger partial charge in [0.1, 0.15) is 0 Å². The molecule has 1 N–H and O–H groups in total. The topological polar surface area (TPSA) is 20.2 Å². The summed E-state index contributed by atoms with van der Waals surface area (Å²) in [6.45, 7) is 6.35. The molecule has 0 amide bonds. The Morgan fingerprint density at radius 1 is 0.792 bits per heavy atom. The predicted octanol–water partition coefficient (Wildman–Crippen LogP) is 6.80. The lowest BCUT2D eigenvalue weighted by atomic mass is 9.68. The second kappa shape index (κ2) is 8.82. The molecule has 3 rings (SSSR count). The van der Waals surface area contributed by atoms with E-state index in [1.165, 1.54) is 50.7 Å². The van der Waals surface area contributed by atoms with Crippen molar-refractivity contribution in [3.63, 3.8) is 0 Å². The molecule has 136 valence electrons. The third kappa shape index (κ3) is 4.49. The Morgan fingerprint density at radius 2 is 1.21 bits per heavy atom. The molecule has 0 bridgehead atoms. The van der Waals surface area contributed by atoms with Gasteiger partial charge in [0.2, 0.25) is 0 Å². The molecule has 2 saturated carbocycles. The highest BCUT2D eigenvalue weighted by Gasteiger charge is 2.30. The first-order valence-corrected chi connectivity index (χ1v) is 9.72. The summed E-state index contributed by atoms with van der Waals surface area (Å²) < 4.78 is 27.0. The number of aromatic hydroxyl groups is 1. The van der Waals surface area contributed by atoms with Crippen molar-refractivity contribution in [3.05, 3.63) is 29.3 Å². The van der Waals surface area contributed by atoms with Crippen molar-refractivity contribution in [1.29, 1.82) is 0 Å². The second-order valence-corrected chi connectivity index (χ2v) is 7.46. The molecule has 0 aliphatic heterocycles. The van der Waals surface area contributed by atoms with E-state index in [2.05, 4.69) is 6.92 Å². The Labute approximate surface area is 145 Å². The summed E-state index contributed by atoms with van der Waals surface area (Å²) in [6, 6.07) is 2.62. The summed E-state index contributed by atoms with van der Waals surface area (Å²) >= 11 is 0. The molecule has 1 nitrogen and oxygen atoms in total. The van der Waals surface area contributed by atoms with Crippen molar-refractivity contribution >= 4 is 0 Å². The van der Waals surface area contributed by atoms with Crippen LogP contribution in [0.1, 0.15) is 83.6 Å². The van der Waals surface area contributed by atoms with Crippen LogP contribution in [0, 0.1) is 29.4 Å². The Kier molecular flexibility index (Phi) is 7.06. The largest absolute Gasteiger partial charge is 0.503 e. The number of hydrogen-bond acceptors (Lipinski definition) is 1. The Bertz CT molecular complexity index is 490. The fourth-order valence-corrected chi connectivity index (χ4v) is 4.50. The minimum atomic E-state index is -0.853. The third-order valence-corrected chi connectivity index (χ3v) is 6.01. The van der Waals surface area contributed by atoms with Gasteiger partial charge in [0.25, 0.3) is 0 Å². The minimum absolute atomic E-state index is 0.239. The molecule has 2 aliphatic rings. The van der Waals surface area contributed by atoms with Crippen LogP contribution in [0.15, 0.2) is 12.1 Å². The van der Waals surface area contributed by atoms with Crippen molar-refractivity contribution in [2.24, 2.45) is 17.8 Å². The molecule has 0 aromatic heterocycles. The SMILES string of the molecule is CC.CC1CCC(C2CCC(c3cc(F)c(O)c(F)c3)CC2)CC1. The van der Waals surface area contributed by atoms with E-state index >= 15 is 0 Å². The van der Waals surface area contributed by atoms with Gasteiger partial charge in [-0.25, -0.2) is 8.78 Å². The van der Waals surface area contributed by atoms with Crippen LogP contribution in [0.5, 0.6) is 5.75 Å². The fourth-order valence-electron chi connectivity index (χ4n) is 4.50. The maximum atomic E-state index is 13.5. The zero-order chi connectivity index (χ0) is 17.7. The lowest BCUT2D eigenvalue weighted by Crippen LogP contribution is -2.24. The van der Waals surface area contributed by atoms with Gasteiger partial charge in [-0.15, -0.1) is 0 Å². The molecule has 0 heterocycles. The Morgan fingerprint density at radius 3 is 1.67 bits per heavy atom. The van der Waals surface area contributed by atoms with Crippen molar-refractivity contribution in [2.45, 2.75) is 78.1 Å². The molecular formula is C21H32F2O. The number of hydrogen-bond donors (Lipinski definition) is 1. The second-order valence-electron chi connectivity index (χ2n) is 7.46. The summed E-state index contributed by atoms with van der Waals surface area (Å²) in [5, 5.41) is 9.21. The van der Waals surface area contributed by atoms with E-state index in [9.17, 15) is 13.9 Å². The van der Waals surface area contributed by atoms with Crippen LogP contribution >= 0.6 is 0 Å². The van der Waals surface area contributed by atoms with Gasteiger partial charge < -0.3 is 5.11 Å². The van der Waals surface area contributed by atoms with Gasteiger partial charge in [0, 0.05) is 0 Å². The molecule has 0 saturated heterocycles. The first kappa shape index (κ1) is 19.2. The number of rotatable bonds is 2. The average molecular weight is 338 g/mol. The van der Waals surface area contributed by atoms with E-state index in [-0.39, 0.29) is 5.92 Å². The number of phenolic OH excluding ortho intramolecular Hbond substituents is 1. The monoisotopic (exact) mass is 338 g/mol. The zero-order valence-corrected chi connectivity index (χ0v) is 15.3. The van der Waals surface area contributed by atoms with Crippen LogP contribution in [-0.4, -0.2) is 5.11 Å². The van der Waals surface area contributed by atoms with Crippen LogP contribution in [0.2, 0.25) is 0 Å².